The van der Waals surface area contributed by atoms with Gasteiger partial charge in [0.15, 0.2) is 0 Å². The van der Waals surface area contributed by atoms with Gasteiger partial charge in [0, 0.05) is 19.0 Å². The van der Waals surface area contributed by atoms with Crippen LogP contribution in [0.15, 0.2) is 30.3 Å². The first-order chi connectivity index (χ1) is 9.15. The molecule has 1 aromatic carbocycles. The van der Waals surface area contributed by atoms with Gasteiger partial charge in [0.25, 0.3) is 0 Å². The third-order valence-electron chi connectivity index (χ3n) is 3.55. The highest BCUT2D eigenvalue weighted by Crippen LogP contribution is 2.26. The minimum atomic E-state index is 0.453. The number of fused-ring (bicyclic) bond motifs is 1. The van der Waals surface area contributed by atoms with E-state index in [1.165, 1.54) is 17.2 Å². The number of alkyl halides is 1. The first kappa shape index (κ1) is 14.1. The van der Waals surface area contributed by atoms with Crippen LogP contribution in [0.5, 0.6) is 0 Å². The average molecular weight is 277 g/mol. The lowest BCUT2D eigenvalue weighted by atomic mass is 10.1. The van der Waals surface area contributed by atoms with Crippen molar-refractivity contribution in [2.75, 3.05) is 18.5 Å². The van der Waals surface area contributed by atoms with Crippen LogP contribution in [0.1, 0.15) is 26.0 Å². The van der Waals surface area contributed by atoms with E-state index < -0.39 is 0 Å². The summed E-state index contributed by atoms with van der Waals surface area (Å²) < 4.78 is 0. The van der Waals surface area contributed by atoms with Crippen LogP contribution in [0.4, 0.5) is 5.82 Å². The summed E-state index contributed by atoms with van der Waals surface area (Å²) in [5.74, 6) is 2.15. The Morgan fingerprint density at radius 1 is 1.32 bits per heavy atom. The van der Waals surface area contributed by atoms with E-state index in [4.69, 9.17) is 16.6 Å². The fourth-order valence-electron chi connectivity index (χ4n) is 2.28. The zero-order valence-corrected chi connectivity index (χ0v) is 12.6. The Morgan fingerprint density at radius 3 is 2.74 bits per heavy atom. The van der Waals surface area contributed by atoms with Crippen LogP contribution in [0.2, 0.25) is 0 Å². The second kappa shape index (κ2) is 6.25. The number of aromatic nitrogens is 1. The molecule has 1 aromatic heterocycles. The van der Waals surface area contributed by atoms with E-state index in [0.717, 1.165) is 18.1 Å². The van der Waals surface area contributed by atoms with E-state index in [0.29, 0.717) is 11.8 Å². The zero-order chi connectivity index (χ0) is 13.8. The van der Waals surface area contributed by atoms with Gasteiger partial charge in [-0.15, -0.1) is 11.6 Å². The molecule has 0 saturated heterocycles. The van der Waals surface area contributed by atoms with E-state index in [1.807, 2.05) is 0 Å². The Kier molecular flexibility index (Phi) is 4.65. The topological polar surface area (TPSA) is 16.1 Å². The van der Waals surface area contributed by atoms with E-state index in [2.05, 4.69) is 56.1 Å². The number of benzene rings is 1. The molecule has 19 heavy (non-hydrogen) atoms. The highest BCUT2D eigenvalue weighted by molar-refractivity contribution is 6.17. The Bertz CT molecular complexity index is 553. The van der Waals surface area contributed by atoms with Gasteiger partial charge in [0.1, 0.15) is 5.82 Å². The second-order valence-electron chi connectivity index (χ2n) is 5.19. The molecule has 0 saturated carbocycles. The fraction of sp³-hybridized carbons (Fsp3) is 0.438. The van der Waals surface area contributed by atoms with Crippen molar-refractivity contribution in [1.29, 1.82) is 0 Å². The van der Waals surface area contributed by atoms with E-state index in [9.17, 15) is 0 Å². The summed E-state index contributed by atoms with van der Waals surface area (Å²) in [7, 11) is 2.11. The van der Waals surface area contributed by atoms with Crippen LogP contribution in [0, 0.1) is 5.92 Å². The van der Waals surface area contributed by atoms with Gasteiger partial charge in [-0.25, -0.2) is 4.98 Å². The van der Waals surface area contributed by atoms with Crippen molar-refractivity contribution in [2.45, 2.75) is 26.1 Å². The molecule has 2 nitrogen and oxygen atoms in total. The van der Waals surface area contributed by atoms with Gasteiger partial charge in [-0.3, -0.25) is 0 Å². The van der Waals surface area contributed by atoms with Gasteiger partial charge in [-0.05, 0) is 17.4 Å². The molecule has 2 rings (SSSR count). The maximum atomic E-state index is 5.96. The lowest BCUT2D eigenvalue weighted by Gasteiger charge is -2.23. The molecule has 0 fully saturated rings. The summed E-state index contributed by atoms with van der Waals surface area (Å²) in [6.45, 7) is 5.50. The summed E-state index contributed by atoms with van der Waals surface area (Å²) in [5.41, 5.74) is 0.936. The van der Waals surface area contributed by atoms with E-state index in [1.54, 1.807) is 0 Å². The maximum absolute atomic E-state index is 5.96. The van der Waals surface area contributed by atoms with Crippen molar-refractivity contribution in [3.05, 3.63) is 36.0 Å². The SMILES string of the molecule is CCC(C)CN(C)c1nc(CCl)cc2ccccc12. The molecule has 0 aliphatic rings. The molecule has 0 aliphatic carbocycles. The predicted octanol–water partition coefficient (Wildman–Crippen LogP) is 4.46. The molecule has 3 heteroatoms. The molecule has 1 heterocycles. The van der Waals surface area contributed by atoms with Crippen LogP contribution >= 0.6 is 11.6 Å². The van der Waals surface area contributed by atoms with Crippen molar-refractivity contribution in [3.63, 3.8) is 0 Å². The highest BCUT2D eigenvalue weighted by Gasteiger charge is 2.11. The summed E-state index contributed by atoms with van der Waals surface area (Å²) in [4.78, 5) is 6.94. The normalized spacial score (nSPS) is 12.6. The Labute approximate surface area is 120 Å². The smallest absolute Gasteiger partial charge is 0.136 e. The summed E-state index contributed by atoms with van der Waals surface area (Å²) in [6, 6.07) is 10.4. The van der Waals surface area contributed by atoms with Gasteiger partial charge in [-0.2, -0.15) is 0 Å². The Morgan fingerprint density at radius 2 is 2.05 bits per heavy atom. The van der Waals surface area contributed by atoms with Crippen molar-refractivity contribution in [1.82, 2.24) is 4.98 Å². The van der Waals surface area contributed by atoms with Crippen LogP contribution in [-0.4, -0.2) is 18.6 Å². The van der Waals surface area contributed by atoms with E-state index >= 15 is 0 Å². The van der Waals surface area contributed by atoms with Gasteiger partial charge < -0.3 is 4.90 Å². The van der Waals surface area contributed by atoms with Crippen LogP contribution in [0.25, 0.3) is 10.8 Å². The number of hydrogen-bond donors (Lipinski definition) is 0. The minimum Gasteiger partial charge on any atom is -0.359 e. The van der Waals surface area contributed by atoms with Crippen molar-refractivity contribution >= 4 is 28.2 Å². The molecule has 1 atom stereocenters. The number of anilines is 1. The first-order valence-corrected chi connectivity index (χ1v) is 7.35. The molecular weight excluding hydrogens is 256 g/mol. The molecule has 0 amide bonds. The summed E-state index contributed by atoms with van der Waals surface area (Å²) in [5, 5.41) is 2.40. The van der Waals surface area contributed by atoms with Crippen molar-refractivity contribution < 1.29 is 0 Å². The maximum Gasteiger partial charge on any atom is 0.136 e. The zero-order valence-electron chi connectivity index (χ0n) is 11.9. The standard InChI is InChI=1S/C16H21ClN2/c1-4-12(2)11-19(3)16-15-8-6-5-7-13(15)9-14(10-17)18-16/h5-9,12H,4,10-11H2,1-3H3. The molecule has 1 unspecified atom stereocenters. The third kappa shape index (κ3) is 3.19. The molecule has 0 radical (unpaired) electrons. The third-order valence-corrected chi connectivity index (χ3v) is 3.83. The Balaban J connectivity index is 2.45. The number of nitrogens with zero attached hydrogens (tertiary/aromatic N) is 2. The number of hydrogen-bond acceptors (Lipinski definition) is 2. The largest absolute Gasteiger partial charge is 0.359 e. The average Bonchev–Trinajstić information content (AvgIpc) is 2.45. The molecule has 0 N–H and O–H groups in total. The fourth-order valence-corrected chi connectivity index (χ4v) is 2.41. The molecular formula is C16H21ClN2. The number of rotatable bonds is 5. The van der Waals surface area contributed by atoms with Crippen molar-refractivity contribution in [2.24, 2.45) is 5.92 Å². The highest BCUT2D eigenvalue weighted by atomic mass is 35.5. The second-order valence-corrected chi connectivity index (χ2v) is 5.45. The monoisotopic (exact) mass is 276 g/mol. The molecule has 0 bridgehead atoms. The quantitative estimate of drug-likeness (QED) is 0.750. The molecule has 0 spiro atoms. The Hall–Kier alpha value is -1.28. The summed E-state index contributed by atoms with van der Waals surface area (Å²) >= 11 is 5.96. The first-order valence-electron chi connectivity index (χ1n) is 6.81. The van der Waals surface area contributed by atoms with Gasteiger partial charge in [0.05, 0.1) is 11.6 Å². The molecule has 2 aromatic rings. The van der Waals surface area contributed by atoms with Crippen LogP contribution < -0.4 is 4.90 Å². The molecule has 0 aliphatic heterocycles. The minimum absolute atomic E-state index is 0.453. The lowest BCUT2D eigenvalue weighted by Crippen LogP contribution is -2.25. The van der Waals surface area contributed by atoms with Gasteiger partial charge in [-0.1, -0.05) is 44.5 Å². The van der Waals surface area contributed by atoms with E-state index in [-0.39, 0.29) is 0 Å². The van der Waals surface area contributed by atoms with Crippen LogP contribution in [0.3, 0.4) is 0 Å². The lowest BCUT2D eigenvalue weighted by molar-refractivity contribution is 0.558. The van der Waals surface area contributed by atoms with Gasteiger partial charge in [0.2, 0.25) is 0 Å². The number of pyridine rings is 1. The van der Waals surface area contributed by atoms with Gasteiger partial charge >= 0.3 is 0 Å². The van der Waals surface area contributed by atoms with Crippen molar-refractivity contribution in [3.8, 4) is 0 Å². The summed E-state index contributed by atoms with van der Waals surface area (Å²) in [6.07, 6.45) is 1.18. The molecule has 102 valence electrons. The predicted molar refractivity (Wildman–Crippen MR) is 84.0 cm³/mol. The number of halogens is 1. The van der Waals surface area contributed by atoms with Crippen LogP contribution in [-0.2, 0) is 5.88 Å².